The highest BCUT2D eigenvalue weighted by Gasteiger charge is 2.26. The molecular formula is C13H22N2O2. The normalized spacial score (nSPS) is 17.8. The Morgan fingerprint density at radius 2 is 2.35 bits per heavy atom. The van der Waals surface area contributed by atoms with Gasteiger partial charge in [0.15, 0.2) is 5.75 Å². The molecule has 4 nitrogen and oxygen atoms in total. The third-order valence-electron chi connectivity index (χ3n) is 3.60. The van der Waals surface area contributed by atoms with Crippen molar-refractivity contribution in [3.63, 3.8) is 0 Å². The quantitative estimate of drug-likeness (QED) is 0.828. The SMILES string of the molecule is CCCn1ncc(OC)c1C(O)CC1CCC1. The van der Waals surface area contributed by atoms with Gasteiger partial charge in [-0.15, -0.1) is 0 Å². The van der Waals surface area contributed by atoms with Crippen molar-refractivity contribution in [3.05, 3.63) is 11.9 Å². The van der Waals surface area contributed by atoms with Gasteiger partial charge in [-0.25, -0.2) is 0 Å². The van der Waals surface area contributed by atoms with Gasteiger partial charge in [0.25, 0.3) is 0 Å². The van der Waals surface area contributed by atoms with Crippen molar-refractivity contribution in [1.29, 1.82) is 0 Å². The first-order valence-electron chi connectivity index (χ1n) is 6.54. The number of aromatic nitrogens is 2. The minimum atomic E-state index is -0.440. The fourth-order valence-corrected chi connectivity index (χ4v) is 2.42. The number of methoxy groups -OCH3 is 1. The second-order valence-electron chi connectivity index (χ2n) is 4.87. The monoisotopic (exact) mass is 238 g/mol. The molecule has 0 spiro atoms. The predicted octanol–water partition coefficient (Wildman–Crippen LogP) is 2.53. The van der Waals surface area contributed by atoms with Gasteiger partial charge in [0.1, 0.15) is 5.69 Å². The van der Waals surface area contributed by atoms with Crippen LogP contribution in [0.1, 0.15) is 50.8 Å². The van der Waals surface area contributed by atoms with E-state index in [-0.39, 0.29) is 0 Å². The summed E-state index contributed by atoms with van der Waals surface area (Å²) in [5, 5.41) is 14.6. The number of nitrogens with zero attached hydrogens (tertiary/aromatic N) is 2. The lowest BCUT2D eigenvalue weighted by atomic mass is 9.81. The lowest BCUT2D eigenvalue weighted by Gasteiger charge is -2.28. The van der Waals surface area contributed by atoms with Crippen molar-refractivity contribution in [2.75, 3.05) is 7.11 Å². The van der Waals surface area contributed by atoms with E-state index < -0.39 is 6.10 Å². The standard InChI is InChI=1S/C13H22N2O2/c1-3-7-15-13(12(17-2)9-14-15)11(16)8-10-5-4-6-10/h9-11,16H,3-8H2,1-2H3. The molecule has 1 aliphatic carbocycles. The van der Waals surface area contributed by atoms with Crippen LogP contribution in [0.3, 0.4) is 0 Å². The van der Waals surface area contributed by atoms with Crippen LogP contribution in [0.5, 0.6) is 5.75 Å². The maximum Gasteiger partial charge on any atom is 0.162 e. The Labute approximate surface area is 103 Å². The lowest BCUT2D eigenvalue weighted by molar-refractivity contribution is 0.107. The zero-order valence-electron chi connectivity index (χ0n) is 10.7. The Morgan fingerprint density at radius 1 is 1.59 bits per heavy atom. The third kappa shape index (κ3) is 2.63. The van der Waals surface area contributed by atoms with Crippen LogP contribution in [0, 0.1) is 5.92 Å². The summed E-state index contributed by atoms with van der Waals surface area (Å²) in [6.45, 7) is 2.94. The van der Waals surface area contributed by atoms with E-state index in [1.54, 1.807) is 13.3 Å². The van der Waals surface area contributed by atoms with E-state index in [4.69, 9.17) is 4.74 Å². The van der Waals surface area contributed by atoms with Gasteiger partial charge < -0.3 is 9.84 Å². The van der Waals surface area contributed by atoms with Crippen LogP contribution >= 0.6 is 0 Å². The van der Waals surface area contributed by atoms with Gasteiger partial charge in [-0.2, -0.15) is 5.10 Å². The summed E-state index contributed by atoms with van der Waals surface area (Å²) in [4.78, 5) is 0. The smallest absolute Gasteiger partial charge is 0.162 e. The Hall–Kier alpha value is -1.03. The second kappa shape index (κ2) is 5.54. The second-order valence-corrected chi connectivity index (χ2v) is 4.87. The molecule has 0 saturated heterocycles. The molecule has 1 aromatic heterocycles. The summed E-state index contributed by atoms with van der Waals surface area (Å²) in [5.41, 5.74) is 0.848. The van der Waals surface area contributed by atoms with E-state index in [0.29, 0.717) is 11.7 Å². The molecule has 1 heterocycles. The van der Waals surface area contributed by atoms with Crippen LogP contribution in [0.4, 0.5) is 0 Å². The molecule has 17 heavy (non-hydrogen) atoms. The number of hydrogen-bond donors (Lipinski definition) is 1. The predicted molar refractivity (Wildman–Crippen MR) is 66.0 cm³/mol. The maximum atomic E-state index is 10.3. The largest absolute Gasteiger partial charge is 0.493 e. The number of aliphatic hydroxyl groups is 1. The lowest BCUT2D eigenvalue weighted by Crippen LogP contribution is -2.17. The minimum absolute atomic E-state index is 0.440. The van der Waals surface area contributed by atoms with Crippen LogP contribution in [0.2, 0.25) is 0 Å². The fourth-order valence-electron chi connectivity index (χ4n) is 2.42. The Kier molecular flexibility index (Phi) is 4.05. The summed E-state index contributed by atoms with van der Waals surface area (Å²) in [5.74, 6) is 1.39. The van der Waals surface area contributed by atoms with Gasteiger partial charge in [-0.3, -0.25) is 4.68 Å². The zero-order valence-corrected chi connectivity index (χ0v) is 10.7. The van der Waals surface area contributed by atoms with Crippen LogP contribution in [0.15, 0.2) is 6.20 Å². The van der Waals surface area contributed by atoms with Crippen molar-refractivity contribution < 1.29 is 9.84 Å². The summed E-state index contributed by atoms with van der Waals surface area (Å²) >= 11 is 0. The molecule has 0 aliphatic heterocycles. The number of aliphatic hydroxyl groups excluding tert-OH is 1. The molecule has 1 N–H and O–H groups in total. The van der Waals surface area contributed by atoms with Gasteiger partial charge >= 0.3 is 0 Å². The summed E-state index contributed by atoms with van der Waals surface area (Å²) in [7, 11) is 1.63. The molecule has 0 amide bonds. The molecule has 1 fully saturated rings. The molecule has 1 atom stereocenters. The molecule has 2 rings (SSSR count). The van der Waals surface area contributed by atoms with E-state index in [2.05, 4.69) is 12.0 Å². The molecule has 1 saturated carbocycles. The topological polar surface area (TPSA) is 47.3 Å². The minimum Gasteiger partial charge on any atom is -0.493 e. The zero-order chi connectivity index (χ0) is 12.3. The molecule has 0 radical (unpaired) electrons. The van der Waals surface area contributed by atoms with Crippen molar-refractivity contribution in [2.24, 2.45) is 5.92 Å². The van der Waals surface area contributed by atoms with Gasteiger partial charge in [0, 0.05) is 6.54 Å². The van der Waals surface area contributed by atoms with E-state index in [0.717, 1.165) is 25.1 Å². The first kappa shape index (κ1) is 12.4. The molecular weight excluding hydrogens is 216 g/mol. The number of rotatable bonds is 6. The van der Waals surface area contributed by atoms with Gasteiger partial charge in [0.05, 0.1) is 19.4 Å². The fraction of sp³-hybridized carbons (Fsp3) is 0.769. The van der Waals surface area contributed by atoms with E-state index in [9.17, 15) is 5.11 Å². The highest BCUT2D eigenvalue weighted by atomic mass is 16.5. The van der Waals surface area contributed by atoms with Crippen LogP contribution in [-0.2, 0) is 6.54 Å². The highest BCUT2D eigenvalue weighted by molar-refractivity contribution is 5.27. The average Bonchev–Trinajstić information content (AvgIpc) is 2.67. The van der Waals surface area contributed by atoms with Crippen molar-refractivity contribution >= 4 is 0 Å². The Bertz CT molecular complexity index is 358. The molecule has 4 heteroatoms. The molecule has 1 unspecified atom stereocenters. The molecule has 1 aromatic rings. The van der Waals surface area contributed by atoms with Crippen molar-refractivity contribution in [3.8, 4) is 5.75 Å². The summed E-state index contributed by atoms with van der Waals surface area (Å²) in [6, 6.07) is 0. The van der Waals surface area contributed by atoms with E-state index in [1.165, 1.54) is 19.3 Å². The Balaban J connectivity index is 2.11. The van der Waals surface area contributed by atoms with Gasteiger partial charge in [-0.05, 0) is 18.8 Å². The average molecular weight is 238 g/mol. The van der Waals surface area contributed by atoms with Crippen LogP contribution < -0.4 is 4.74 Å². The van der Waals surface area contributed by atoms with Crippen LogP contribution in [-0.4, -0.2) is 22.0 Å². The van der Waals surface area contributed by atoms with E-state index in [1.807, 2.05) is 4.68 Å². The molecule has 0 aromatic carbocycles. The number of aryl methyl sites for hydroxylation is 1. The number of hydrogen-bond acceptors (Lipinski definition) is 3. The van der Waals surface area contributed by atoms with Gasteiger partial charge in [0.2, 0.25) is 0 Å². The highest BCUT2D eigenvalue weighted by Crippen LogP contribution is 2.37. The van der Waals surface area contributed by atoms with E-state index >= 15 is 0 Å². The maximum absolute atomic E-state index is 10.3. The first-order valence-corrected chi connectivity index (χ1v) is 6.54. The number of ether oxygens (including phenoxy) is 1. The van der Waals surface area contributed by atoms with Crippen LogP contribution in [0.25, 0.3) is 0 Å². The summed E-state index contributed by atoms with van der Waals surface area (Å²) < 4.78 is 7.16. The Morgan fingerprint density at radius 3 is 2.88 bits per heavy atom. The molecule has 96 valence electrons. The summed E-state index contributed by atoms with van der Waals surface area (Å²) in [6.07, 6.45) is 6.92. The first-order chi connectivity index (χ1) is 8.26. The van der Waals surface area contributed by atoms with Crippen molar-refractivity contribution in [2.45, 2.75) is 51.7 Å². The molecule has 1 aliphatic rings. The third-order valence-corrected chi connectivity index (χ3v) is 3.60. The van der Waals surface area contributed by atoms with Crippen molar-refractivity contribution in [1.82, 2.24) is 9.78 Å². The van der Waals surface area contributed by atoms with Gasteiger partial charge in [-0.1, -0.05) is 26.2 Å². The molecule has 0 bridgehead atoms.